The van der Waals surface area contributed by atoms with Crippen molar-refractivity contribution in [3.63, 3.8) is 0 Å². The summed E-state index contributed by atoms with van der Waals surface area (Å²) in [7, 11) is 2.02. The largest absolute Gasteiger partial charge is 0.381 e. The van der Waals surface area contributed by atoms with Crippen LogP contribution in [0.2, 0.25) is 0 Å². The van der Waals surface area contributed by atoms with E-state index < -0.39 is 0 Å². The van der Waals surface area contributed by atoms with Crippen LogP contribution in [0, 0.1) is 0 Å². The van der Waals surface area contributed by atoms with Gasteiger partial charge in [-0.15, -0.1) is 0 Å². The molecule has 0 aromatic carbocycles. The molecule has 3 heterocycles. The lowest BCUT2D eigenvalue weighted by Crippen LogP contribution is -2.17. The monoisotopic (exact) mass is 274 g/mol. The Kier molecular flexibility index (Phi) is 4.03. The molecule has 0 spiro atoms. The van der Waals surface area contributed by atoms with Crippen LogP contribution in [0.25, 0.3) is 0 Å². The van der Waals surface area contributed by atoms with Gasteiger partial charge in [0.05, 0.1) is 13.2 Å². The molecule has 3 rings (SSSR count). The van der Waals surface area contributed by atoms with Gasteiger partial charge >= 0.3 is 0 Å². The van der Waals surface area contributed by atoms with E-state index in [1.54, 1.807) is 6.20 Å². The van der Waals surface area contributed by atoms with Crippen LogP contribution in [0.1, 0.15) is 29.6 Å². The molecule has 1 fully saturated rings. The summed E-state index contributed by atoms with van der Waals surface area (Å²) in [5.74, 6) is 1.71. The van der Waals surface area contributed by atoms with Gasteiger partial charge in [-0.1, -0.05) is 11.2 Å². The van der Waals surface area contributed by atoms with Gasteiger partial charge in [-0.25, -0.2) is 0 Å². The molecule has 2 aromatic heterocycles. The maximum absolute atomic E-state index is 5.34. The zero-order valence-corrected chi connectivity index (χ0v) is 11.5. The van der Waals surface area contributed by atoms with E-state index in [1.807, 2.05) is 19.3 Å². The van der Waals surface area contributed by atoms with Crippen LogP contribution >= 0.6 is 0 Å². The van der Waals surface area contributed by atoms with E-state index in [2.05, 4.69) is 26.1 Å². The zero-order chi connectivity index (χ0) is 13.8. The number of rotatable bonds is 5. The van der Waals surface area contributed by atoms with Gasteiger partial charge in [-0.05, 0) is 25.1 Å². The molecule has 2 aromatic rings. The fourth-order valence-corrected chi connectivity index (χ4v) is 2.33. The van der Waals surface area contributed by atoms with E-state index in [-0.39, 0.29) is 5.92 Å². The molecule has 20 heavy (non-hydrogen) atoms. The molecule has 1 unspecified atom stereocenters. The first kappa shape index (κ1) is 13.2. The molecular formula is C14H18N4O2. The Morgan fingerprint density at radius 1 is 1.40 bits per heavy atom. The highest BCUT2D eigenvalue weighted by atomic mass is 16.5. The summed E-state index contributed by atoms with van der Waals surface area (Å²) in [6.07, 6.45) is 4.62. The van der Waals surface area contributed by atoms with Gasteiger partial charge in [0.15, 0.2) is 5.82 Å². The molecule has 1 saturated heterocycles. The van der Waals surface area contributed by atoms with Gasteiger partial charge in [0.1, 0.15) is 0 Å². The molecule has 0 radical (unpaired) electrons. The Morgan fingerprint density at radius 3 is 3.10 bits per heavy atom. The van der Waals surface area contributed by atoms with E-state index in [9.17, 15) is 0 Å². The molecule has 0 aliphatic carbocycles. The number of hydrogen-bond donors (Lipinski definition) is 0. The Labute approximate surface area is 117 Å². The molecule has 0 amide bonds. The average molecular weight is 274 g/mol. The van der Waals surface area contributed by atoms with E-state index >= 15 is 0 Å². The number of pyridine rings is 1. The summed E-state index contributed by atoms with van der Waals surface area (Å²) in [6, 6.07) is 3.99. The van der Waals surface area contributed by atoms with E-state index in [0.29, 0.717) is 19.0 Å². The molecular weight excluding hydrogens is 256 g/mol. The van der Waals surface area contributed by atoms with E-state index in [1.165, 1.54) is 5.56 Å². The van der Waals surface area contributed by atoms with Crippen LogP contribution in [-0.2, 0) is 17.8 Å². The second-order valence-electron chi connectivity index (χ2n) is 5.14. The topological polar surface area (TPSA) is 64.3 Å². The van der Waals surface area contributed by atoms with Crippen molar-refractivity contribution >= 4 is 0 Å². The average Bonchev–Trinajstić information content (AvgIpc) is 3.10. The van der Waals surface area contributed by atoms with Crippen molar-refractivity contribution < 1.29 is 9.26 Å². The molecule has 0 saturated carbocycles. The Hall–Kier alpha value is -1.79. The normalized spacial score (nSPS) is 18.8. The third kappa shape index (κ3) is 3.20. The Bertz CT molecular complexity index is 537. The van der Waals surface area contributed by atoms with Crippen molar-refractivity contribution in [3.8, 4) is 0 Å². The van der Waals surface area contributed by atoms with Crippen molar-refractivity contribution in [2.75, 3.05) is 20.3 Å². The van der Waals surface area contributed by atoms with Crippen molar-refractivity contribution in [3.05, 3.63) is 41.8 Å². The molecule has 106 valence electrons. The first-order valence-electron chi connectivity index (χ1n) is 6.79. The lowest BCUT2D eigenvalue weighted by Gasteiger charge is -2.13. The minimum Gasteiger partial charge on any atom is -0.381 e. The number of nitrogens with zero attached hydrogens (tertiary/aromatic N) is 4. The summed E-state index contributed by atoms with van der Waals surface area (Å²) < 4.78 is 10.7. The molecule has 6 heteroatoms. The van der Waals surface area contributed by atoms with Crippen molar-refractivity contribution in [1.82, 2.24) is 20.0 Å². The van der Waals surface area contributed by atoms with E-state index in [0.717, 1.165) is 25.4 Å². The SMILES string of the molecule is CN(Cc1cccnc1)Cc1nc(C2CCOC2)no1. The highest BCUT2D eigenvalue weighted by Gasteiger charge is 2.23. The summed E-state index contributed by atoms with van der Waals surface area (Å²) in [4.78, 5) is 10.7. The van der Waals surface area contributed by atoms with Gasteiger partial charge in [0, 0.05) is 31.5 Å². The smallest absolute Gasteiger partial charge is 0.240 e. The van der Waals surface area contributed by atoms with Crippen LogP contribution in [0.4, 0.5) is 0 Å². The molecule has 1 atom stereocenters. The summed E-state index contributed by atoms with van der Waals surface area (Å²) >= 11 is 0. The Balaban J connectivity index is 1.57. The second-order valence-corrected chi connectivity index (χ2v) is 5.14. The molecule has 0 N–H and O–H groups in total. The number of ether oxygens (including phenoxy) is 1. The van der Waals surface area contributed by atoms with Gasteiger partial charge < -0.3 is 9.26 Å². The summed E-state index contributed by atoms with van der Waals surface area (Å²) in [6.45, 7) is 2.92. The third-order valence-corrected chi connectivity index (χ3v) is 3.36. The van der Waals surface area contributed by atoms with Crippen LogP contribution < -0.4 is 0 Å². The number of aromatic nitrogens is 3. The fourth-order valence-electron chi connectivity index (χ4n) is 2.33. The molecule has 6 nitrogen and oxygen atoms in total. The second kappa shape index (κ2) is 6.11. The van der Waals surface area contributed by atoms with Crippen LogP contribution in [0.5, 0.6) is 0 Å². The van der Waals surface area contributed by atoms with E-state index in [4.69, 9.17) is 9.26 Å². The van der Waals surface area contributed by atoms with Crippen LogP contribution in [0.15, 0.2) is 29.0 Å². The highest BCUT2D eigenvalue weighted by molar-refractivity contribution is 5.08. The minimum absolute atomic E-state index is 0.288. The molecule has 1 aliphatic heterocycles. The quantitative estimate of drug-likeness (QED) is 0.825. The maximum atomic E-state index is 5.34. The molecule has 1 aliphatic rings. The maximum Gasteiger partial charge on any atom is 0.240 e. The fraction of sp³-hybridized carbons (Fsp3) is 0.500. The van der Waals surface area contributed by atoms with Gasteiger partial charge in [0.25, 0.3) is 0 Å². The van der Waals surface area contributed by atoms with Crippen molar-refractivity contribution in [2.24, 2.45) is 0 Å². The lowest BCUT2D eigenvalue weighted by molar-refractivity contribution is 0.192. The van der Waals surface area contributed by atoms with Crippen LogP contribution in [0.3, 0.4) is 0 Å². The van der Waals surface area contributed by atoms with Crippen LogP contribution in [-0.4, -0.2) is 40.3 Å². The summed E-state index contributed by atoms with van der Waals surface area (Å²) in [5, 5.41) is 4.05. The minimum atomic E-state index is 0.288. The third-order valence-electron chi connectivity index (χ3n) is 3.36. The standard InChI is InChI=1S/C14H18N4O2/c1-18(8-11-3-2-5-15-7-11)9-13-16-14(17-20-13)12-4-6-19-10-12/h2-3,5,7,12H,4,6,8-10H2,1H3. The number of hydrogen-bond acceptors (Lipinski definition) is 6. The Morgan fingerprint density at radius 2 is 2.35 bits per heavy atom. The highest BCUT2D eigenvalue weighted by Crippen LogP contribution is 2.22. The predicted molar refractivity (Wildman–Crippen MR) is 71.9 cm³/mol. The first-order valence-corrected chi connectivity index (χ1v) is 6.79. The van der Waals surface area contributed by atoms with Crippen molar-refractivity contribution in [1.29, 1.82) is 0 Å². The first-order chi connectivity index (χ1) is 9.81. The van der Waals surface area contributed by atoms with Gasteiger partial charge in [-0.2, -0.15) is 4.98 Å². The molecule has 0 bridgehead atoms. The van der Waals surface area contributed by atoms with Crippen molar-refractivity contribution in [2.45, 2.75) is 25.4 Å². The van der Waals surface area contributed by atoms with Gasteiger partial charge in [-0.3, -0.25) is 9.88 Å². The predicted octanol–water partition coefficient (Wildman–Crippen LogP) is 1.60. The zero-order valence-electron chi connectivity index (χ0n) is 11.5. The summed E-state index contributed by atoms with van der Waals surface area (Å²) in [5.41, 5.74) is 1.17. The van der Waals surface area contributed by atoms with Gasteiger partial charge in [0.2, 0.25) is 5.89 Å². The lowest BCUT2D eigenvalue weighted by atomic mass is 10.1.